The first-order chi connectivity index (χ1) is 14.7. The van der Waals surface area contributed by atoms with Crippen molar-refractivity contribution in [2.45, 2.75) is 31.7 Å². The summed E-state index contributed by atoms with van der Waals surface area (Å²) in [6, 6.07) is 12.6. The van der Waals surface area contributed by atoms with E-state index in [0.717, 1.165) is 42.5 Å². The number of benzene rings is 1. The van der Waals surface area contributed by atoms with E-state index in [2.05, 4.69) is 49.6 Å². The summed E-state index contributed by atoms with van der Waals surface area (Å²) in [5.41, 5.74) is 2.19. The SMILES string of the molecule is CNc1ncnc2c1ccn2C1CCC(COCC(=O)NCCc2ccccc2)C1. The fraction of sp³-hybridized carbons (Fsp3) is 0.435. The molecule has 1 amide bonds. The van der Waals surface area contributed by atoms with Gasteiger partial charge in [0.25, 0.3) is 0 Å². The van der Waals surface area contributed by atoms with Crippen LogP contribution >= 0.6 is 0 Å². The molecular formula is C23H29N5O2. The average molecular weight is 408 g/mol. The van der Waals surface area contributed by atoms with E-state index in [0.29, 0.717) is 25.1 Å². The lowest BCUT2D eigenvalue weighted by Gasteiger charge is -2.15. The smallest absolute Gasteiger partial charge is 0.246 e. The van der Waals surface area contributed by atoms with Gasteiger partial charge in [0.05, 0.1) is 12.0 Å². The second-order valence-corrected chi connectivity index (χ2v) is 7.87. The Labute approximate surface area is 176 Å². The number of aromatic nitrogens is 3. The lowest BCUT2D eigenvalue weighted by atomic mass is 10.1. The fourth-order valence-electron chi connectivity index (χ4n) is 4.28. The zero-order valence-electron chi connectivity index (χ0n) is 17.4. The molecule has 2 heterocycles. The van der Waals surface area contributed by atoms with Gasteiger partial charge in [-0.1, -0.05) is 30.3 Å². The summed E-state index contributed by atoms with van der Waals surface area (Å²) in [5, 5.41) is 7.10. The molecule has 0 spiro atoms. The first-order valence-corrected chi connectivity index (χ1v) is 10.6. The van der Waals surface area contributed by atoms with Gasteiger partial charge in [0.15, 0.2) is 0 Å². The van der Waals surface area contributed by atoms with Crippen molar-refractivity contribution in [3.63, 3.8) is 0 Å². The minimum absolute atomic E-state index is 0.0480. The minimum atomic E-state index is -0.0480. The summed E-state index contributed by atoms with van der Waals surface area (Å²) < 4.78 is 7.97. The number of ether oxygens (including phenoxy) is 1. The van der Waals surface area contributed by atoms with Gasteiger partial charge in [-0.15, -0.1) is 0 Å². The number of anilines is 1. The molecule has 0 bridgehead atoms. The van der Waals surface area contributed by atoms with E-state index < -0.39 is 0 Å². The second-order valence-electron chi connectivity index (χ2n) is 7.87. The quantitative estimate of drug-likeness (QED) is 0.569. The number of nitrogens with one attached hydrogen (secondary N) is 2. The van der Waals surface area contributed by atoms with Crippen molar-refractivity contribution in [2.24, 2.45) is 5.92 Å². The molecule has 3 aromatic rings. The van der Waals surface area contributed by atoms with Crippen LogP contribution in [0.15, 0.2) is 48.9 Å². The normalized spacial score (nSPS) is 18.6. The highest BCUT2D eigenvalue weighted by atomic mass is 16.5. The molecule has 1 saturated carbocycles. The average Bonchev–Trinajstić information content (AvgIpc) is 3.41. The lowest BCUT2D eigenvalue weighted by molar-refractivity contribution is -0.126. The van der Waals surface area contributed by atoms with Crippen molar-refractivity contribution >= 4 is 22.8 Å². The first-order valence-electron chi connectivity index (χ1n) is 10.6. The van der Waals surface area contributed by atoms with Crippen molar-refractivity contribution < 1.29 is 9.53 Å². The predicted octanol–water partition coefficient (Wildman–Crippen LogP) is 3.19. The van der Waals surface area contributed by atoms with Crippen molar-refractivity contribution in [1.29, 1.82) is 0 Å². The largest absolute Gasteiger partial charge is 0.372 e. The molecule has 0 aliphatic heterocycles. The van der Waals surface area contributed by atoms with Gasteiger partial charge < -0.3 is 19.9 Å². The Balaban J connectivity index is 1.20. The van der Waals surface area contributed by atoms with Gasteiger partial charge in [0.1, 0.15) is 24.4 Å². The Bertz CT molecular complexity index is 972. The molecule has 158 valence electrons. The lowest BCUT2D eigenvalue weighted by Crippen LogP contribution is -2.30. The van der Waals surface area contributed by atoms with Gasteiger partial charge in [-0.05, 0) is 43.2 Å². The zero-order valence-corrected chi connectivity index (χ0v) is 17.4. The van der Waals surface area contributed by atoms with Crippen LogP contribution in [0.25, 0.3) is 11.0 Å². The first kappa shape index (κ1) is 20.3. The Morgan fingerprint density at radius 1 is 1.20 bits per heavy atom. The number of amides is 1. The molecule has 2 N–H and O–H groups in total. The van der Waals surface area contributed by atoms with Crippen LogP contribution in [0.3, 0.4) is 0 Å². The monoisotopic (exact) mass is 407 g/mol. The van der Waals surface area contributed by atoms with E-state index in [1.807, 2.05) is 25.2 Å². The molecule has 1 aromatic carbocycles. The van der Waals surface area contributed by atoms with Crippen LogP contribution in [0, 0.1) is 5.92 Å². The Hall–Kier alpha value is -2.93. The van der Waals surface area contributed by atoms with Crippen LogP contribution in [-0.2, 0) is 16.0 Å². The molecule has 2 atom stereocenters. The van der Waals surface area contributed by atoms with Gasteiger partial charge in [-0.2, -0.15) is 0 Å². The number of carbonyl (C=O) groups excluding carboxylic acids is 1. The van der Waals surface area contributed by atoms with E-state index >= 15 is 0 Å². The molecule has 2 aromatic heterocycles. The van der Waals surface area contributed by atoms with Crippen molar-refractivity contribution in [3.8, 4) is 0 Å². The van der Waals surface area contributed by atoms with Gasteiger partial charge >= 0.3 is 0 Å². The van der Waals surface area contributed by atoms with Crippen LogP contribution < -0.4 is 10.6 Å². The van der Waals surface area contributed by atoms with Crippen LogP contribution in [-0.4, -0.2) is 47.2 Å². The van der Waals surface area contributed by atoms with Crippen LogP contribution in [0.4, 0.5) is 5.82 Å². The Morgan fingerprint density at radius 2 is 2.07 bits per heavy atom. The standard InChI is InChI=1S/C23H29N5O2/c1-24-22-20-10-12-28(23(20)27-16-26-22)19-8-7-18(13-19)14-30-15-21(29)25-11-9-17-5-3-2-4-6-17/h2-6,10,12,16,18-19H,7-9,11,13-15H2,1H3,(H,25,29)(H,24,26,27). The number of hydrogen-bond acceptors (Lipinski definition) is 5. The van der Waals surface area contributed by atoms with Crippen LogP contribution in [0.1, 0.15) is 30.9 Å². The summed E-state index contributed by atoms with van der Waals surface area (Å²) in [6.45, 7) is 1.38. The molecular weight excluding hydrogens is 378 g/mol. The van der Waals surface area contributed by atoms with Gasteiger partial charge in [0.2, 0.25) is 5.91 Å². The number of rotatable bonds is 9. The maximum Gasteiger partial charge on any atom is 0.246 e. The molecule has 7 nitrogen and oxygen atoms in total. The topological polar surface area (TPSA) is 81.1 Å². The third kappa shape index (κ3) is 4.79. The zero-order chi connectivity index (χ0) is 20.8. The van der Waals surface area contributed by atoms with Gasteiger partial charge in [-0.3, -0.25) is 4.79 Å². The molecule has 7 heteroatoms. The Morgan fingerprint density at radius 3 is 2.90 bits per heavy atom. The molecule has 30 heavy (non-hydrogen) atoms. The molecule has 1 aliphatic rings. The highest BCUT2D eigenvalue weighted by Gasteiger charge is 2.27. The molecule has 0 radical (unpaired) electrons. The van der Waals surface area contributed by atoms with E-state index in [1.54, 1.807) is 6.33 Å². The summed E-state index contributed by atoms with van der Waals surface area (Å²) in [5.74, 6) is 1.28. The number of carbonyl (C=O) groups is 1. The minimum Gasteiger partial charge on any atom is -0.372 e. The van der Waals surface area contributed by atoms with E-state index in [4.69, 9.17) is 4.74 Å². The van der Waals surface area contributed by atoms with E-state index in [-0.39, 0.29) is 12.5 Å². The molecule has 4 rings (SSSR count). The molecule has 0 saturated heterocycles. The Kier molecular flexibility index (Phi) is 6.59. The number of fused-ring (bicyclic) bond motifs is 1. The second kappa shape index (κ2) is 9.71. The third-order valence-corrected chi connectivity index (χ3v) is 5.82. The maximum atomic E-state index is 12.0. The summed E-state index contributed by atoms with van der Waals surface area (Å²) in [7, 11) is 1.87. The summed E-state index contributed by atoms with van der Waals surface area (Å²) >= 11 is 0. The molecule has 1 fully saturated rings. The van der Waals surface area contributed by atoms with Crippen molar-refractivity contribution in [2.75, 3.05) is 32.1 Å². The van der Waals surface area contributed by atoms with E-state index in [1.165, 1.54) is 5.56 Å². The van der Waals surface area contributed by atoms with Gasteiger partial charge in [0, 0.05) is 25.8 Å². The predicted molar refractivity (Wildman–Crippen MR) is 117 cm³/mol. The molecule has 2 unspecified atom stereocenters. The summed E-state index contributed by atoms with van der Waals surface area (Å²) in [4.78, 5) is 20.8. The van der Waals surface area contributed by atoms with Gasteiger partial charge in [-0.25, -0.2) is 9.97 Å². The fourth-order valence-corrected chi connectivity index (χ4v) is 4.28. The highest BCUT2D eigenvalue weighted by molar-refractivity contribution is 5.87. The van der Waals surface area contributed by atoms with Crippen molar-refractivity contribution in [3.05, 3.63) is 54.5 Å². The van der Waals surface area contributed by atoms with Crippen molar-refractivity contribution in [1.82, 2.24) is 19.9 Å². The number of nitrogens with zero attached hydrogens (tertiary/aromatic N) is 3. The van der Waals surface area contributed by atoms with Crippen LogP contribution in [0.2, 0.25) is 0 Å². The highest BCUT2D eigenvalue weighted by Crippen LogP contribution is 2.37. The third-order valence-electron chi connectivity index (χ3n) is 5.82. The van der Waals surface area contributed by atoms with Crippen LogP contribution in [0.5, 0.6) is 0 Å². The number of hydrogen-bond donors (Lipinski definition) is 2. The summed E-state index contributed by atoms with van der Waals surface area (Å²) in [6.07, 6.45) is 7.79. The molecule has 1 aliphatic carbocycles. The maximum absolute atomic E-state index is 12.0. The van der Waals surface area contributed by atoms with E-state index in [9.17, 15) is 4.79 Å².